The number of non-ortho nitro benzene ring substituents is 1. The van der Waals surface area contributed by atoms with Gasteiger partial charge in [-0.15, -0.1) is 0 Å². The van der Waals surface area contributed by atoms with Crippen molar-refractivity contribution in [1.29, 1.82) is 0 Å². The summed E-state index contributed by atoms with van der Waals surface area (Å²) in [7, 11) is 0. The van der Waals surface area contributed by atoms with Crippen molar-refractivity contribution < 1.29 is 19.2 Å². The second-order valence-electron chi connectivity index (χ2n) is 6.39. The number of nitro groups is 1. The number of nitrogens with zero attached hydrogens (tertiary/aromatic N) is 1. The Kier molecular flexibility index (Phi) is 7.28. The van der Waals surface area contributed by atoms with Crippen LogP contribution in [0.3, 0.4) is 0 Å². The average Bonchev–Trinajstić information content (AvgIpc) is 2.75. The Labute approximate surface area is 188 Å². The number of halogens is 2. The first kappa shape index (κ1) is 22.3. The van der Waals surface area contributed by atoms with E-state index in [1.54, 1.807) is 6.08 Å². The molecule has 3 rings (SSSR count). The van der Waals surface area contributed by atoms with Crippen LogP contribution in [0.2, 0.25) is 10.0 Å². The number of hydrogen-bond donors (Lipinski definition) is 0. The molecule has 3 aromatic rings. The highest BCUT2D eigenvalue weighted by Gasteiger charge is 2.16. The molecule has 0 atom stereocenters. The van der Waals surface area contributed by atoms with E-state index in [-0.39, 0.29) is 27.2 Å². The molecule has 0 unspecified atom stereocenters. The minimum atomic E-state index is -0.512. The number of ether oxygens (including phenoxy) is 2. The van der Waals surface area contributed by atoms with Crippen LogP contribution in [0.15, 0.2) is 72.3 Å². The van der Waals surface area contributed by atoms with E-state index in [0.717, 1.165) is 5.56 Å². The molecule has 0 bridgehead atoms. The topological polar surface area (TPSA) is 78.7 Å². The number of carbonyl (C=O) groups is 1. The quantitative estimate of drug-likeness (QED) is 0.124. The van der Waals surface area contributed by atoms with E-state index in [9.17, 15) is 14.9 Å². The third-order valence-corrected chi connectivity index (χ3v) is 4.79. The van der Waals surface area contributed by atoms with Gasteiger partial charge in [-0.25, -0.2) is 4.79 Å². The maximum atomic E-state index is 12.6. The molecule has 0 amide bonds. The van der Waals surface area contributed by atoms with Gasteiger partial charge in [0.25, 0.3) is 5.69 Å². The Balaban J connectivity index is 1.77. The molecule has 0 aliphatic carbocycles. The Morgan fingerprint density at radius 3 is 2.16 bits per heavy atom. The minimum Gasteiger partial charge on any atom is -0.454 e. The highest BCUT2D eigenvalue weighted by molar-refractivity contribution is 6.37. The zero-order chi connectivity index (χ0) is 22.4. The molecule has 0 saturated heterocycles. The lowest BCUT2D eigenvalue weighted by molar-refractivity contribution is -0.384. The summed E-state index contributed by atoms with van der Waals surface area (Å²) >= 11 is 12.5. The number of carbonyl (C=O) groups excluding carboxylic acids is 1. The second-order valence-corrected chi connectivity index (χ2v) is 7.21. The standard InChI is InChI=1S/C23H17Cl2NO5/c1-2-16(12-15-6-4-3-5-7-15)23(27)31-19-13-20(24)22(21(25)14-19)30-18-10-8-17(9-11-18)26(28)29/h3-14H,2H2,1H3. The highest BCUT2D eigenvalue weighted by atomic mass is 35.5. The first-order valence-corrected chi connectivity index (χ1v) is 10.0. The van der Waals surface area contributed by atoms with E-state index in [1.807, 2.05) is 37.3 Å². The van der Waals surface area contributed by atoms with E-state index in [1.165, 1.54) is 36.4 Å². The van der Waals surface area contributed by atoms with Gasteiger partial charge in [0.1, 0.15) is 11.5 Å². The summed E-state index contributed by atoms with van der Waals surface area (Å²) in [6.45, 7) is 1.86. The van der Waals surface area contributed by atoms with E-state index in [4.69, 9.17) is 32.7 Å². The van der Waals surface area contributed by atoms with E-state index in [0.29, 0.717) is 17.7 Å². The van der Waals surface area contributed by atoms with Gasteiger partial charge in [-0.3, -0.25) is 10.1 Å². The van der Waals surface area contributed by atoms with Gasteiger partial charge in [-0.05, 0) is 30.2 Å². The zero-order valence-electron chi connectivity index (χ0n) is 16.4. The van der Waals surface area contributed by atoms with Crippen molar-refractivity contribution in [2.75, 3.05) is 0 Å². The van der Waals surface area contributed by atoms with Crippen LogP contribution in [-0.2, 0) is 4.79 Å². The van der Waals surface area contributed by atoms with Crippen LogP contribution >= 0.6 is 23.2 Å². The molecule has 0 heterocycles. The molecule has 3 aromatic carbocycles. The fourth-order valence-electron chi connectivity index (χ4n) is 2.68. The first-order chi connectivity index (χ1) is 14.9. The van der Waals surface area contributed by atoms with Crippen LogP contribution in [0.4, 0.5) is 5.69 Å². The van der Waals surface area contributed by atoms with E-state index < -0.39 is 10.9 Å². The number of rotatable bonds is 7. The Morgan fingerprint density at radius 1 is 1.00 bits per heavy atom. The normalized spacial score (nSPS) is 11.1. The first-order valence-electron chi connectivity index (χ1n) is 9.26. The number of nitro benzene ring substituents is 1. The average molecular weight is 458 g/mol. The van der Waals surface area contributed by atoms with Crippen molar-refractivity contribution in [3.63, 3.8) is 0 Å². The molecule has 0 aliphatic rings. The van der Waals surface area contributed by atoms with Crippen LogP contribution in [0.1, 0.15) is 18.9 Å². The summed E-state index contributed by atoms with van der Waals surface area (Å²) in [6, 6.07) is 17.7. The molecule has 0 spiro atoms. The van der Waals surface area contributed by atoms with Gasteiger partial charge >= 0.3 is 5.97 Å². The Hall–Kier alpha value is -3.35. The third-order valence-electron chi connectivity index (χ3n) is 4.23. The van der Waals surface area contributed by atoms with Crippen LogP contribution in [-0.4, -0.2) is 10.9 Å². The van der Waals surface area contributed by atoms with Gasteiger partial charge in [0.05, 0.1) is 15.0 Å². The van der Waals surface area contributed by atoms with Crippen LogP contribution in [0, 0.1) is 10.1 Å². The molecule has 6 nitrogen and oxygen atoms in total. The summed E-state index contributed by atoms with van der Waals surface area (Å²) < 4.78 is 11.1. The molecule has 0 N–H and O–H groups in total. The number of benzene rings is 3. The smallest absolute Gasteiger partial charge is 0.339 e. The minimum absolute atomic E-state index is 0.0675. The van der Waals surface area contributed by atoms with Gasteiger partial charge in [0.15, 0.2) is 5.75 Å². The van der Waals surface area contributed by atoms with Crippen molar-refractivity contribution in [1.82, 2.24) is 0 Å². The van der Waals surface area contributed by atoms with E-state index in [2.05, 4.69) is 0 Å². The largest absolute Gasteiger partial charge is 0.454 e. The fraction of sp³-hybridized carbons (Fsp3) is 0.0870. The van der Waals surface area contributed by atoms with Gasteiger partial charge in [0, 0.05) is 29.8 Å². The maximum Gasteiger partial charge on any atom is 0.339 e. The molecule has 0 aromatic heterocycles. The maximum absolute atomic E-state index is 12.6. The number of hydrogen-bond acceptors (Lipinski definition) is 5. The van der Waals surface area contributed by atoms with Crippen LogP contribution in [0.5, 0.6) is 17.2 Å². The van der Waals surface area contributed by atoms with Gasteiger partial charge in [0.2, 0.25) is 0 Å². The molecule has 0 aliphatic heterocycles. The Morgan fingerprint density at radius 2 is 1.61 bits per heavy atom. The molecular weight excluding hydrogens is 441 g/mol. The summed E-state index contributed by atoms with van der Waals surface area (Å²) in [6.07, 6.45) is 2.24. The lowest BCUT2D eigenvalue weighted by atomic mass is 10.1. The summed E-state index contributed by atoms with van der Waals surface area (Å²) in [5.74, 6) is 0.122. The van der Waals surface area contributed by atoms with Crippen molar-refractivity contribution in [2.24, 2.45) is 0 Å². The molecule has 31 heavy (non-hydrogen) atoms. The van der Waals surface area contributed by atoms with Crippen molar-refractivity contribution in [3.05, 3.63) is 98.0 Å². The summed E-state index contributed by atoms with van der Waals surface area (Å²) in [4.78, 5) is 22.8. The highest BCUT2D eigenvalue weighted by Crippen LogP contribution is 2.40. The molecule has 0 saturated carbocycles. The molecule has 0 radical (unpaired) electrons. The molecule has 8 heteroatoms. The van der Waals surface area contributed by atoms with E-state index >= 15 is 0 Å². The molecular formula is C23H17Cl2NO5. The summed E-state index contributed by atoms with van der Waals surface area (Å²) in [5.41, 5.74) is 1.31. The summed E-state index contributed by atoms with van der Waals surface area (Å²) in [5, 5.41) is 11.0. The fourth-order valence-corrected chi connectivity index (χ4v) is 3.22. The van der Waals surface area contributed by atoms with Gasteiger partial charge in [-0.1, -0.05) is 60.5 Å². The third kappa shape index (κ3) is 5.84. The molecule has 0 fully saturated rings. The lowest BCUT2D eigenvalue weighted by Gasteiger charge is -2.12. The van der Waals surface area contributed by atoms with Crippen molar-refractivity contribution in [3.8, 4) is 17.2 Å². The molecule has 158 valence electrons. The van der Waals surface area contributed by atoms with Crippen molar-refractivity contribution >= 4 is 40.9 Å². The van der Waals surface area contributed by atoms with Gasteiger partial charge < -0.3 is 9.47 Å². The predicted octanol–water partition coefficient (Wildman–Crippen LogP) is 7.09. The zero-order valence-corrected chi connectivity index (χ0v) is 17.9. The van der Waals surface area contributed by atoms with Crippen LogP contribution < -0.4 is 9.47 Å². The SMILES string of the molecule is CCC(=Cc1ccccc1)C(=O)Oc1cc(Cl)c(Oc2ccc([N+](=O)[O-])cc2)c(Cl)c1. The second kappa shape index (κ2) is 10.1. The van der Waals surface area contributed by atoms with Crippen molar-refractivity contribution in [2.45, 2.75) is 13.3 Å². The lowest BCUT2D eigenvalue weighted by Crippen LogP contribution is -2.11. The number of esters is 1. The monoisotopic (exact) mass is 457 g/mol. The Bertz CT molecular complexity index is 1110. The van der Waals surface area contributed by atoms with Gasteiger partial charge in [-0.2, -0.15) is 0 Å². The van der Waals surface area contributed by atoms with Crippen LogP contribution in [0.25, 0.3) is 6.08 Å². The predicted molar refractivity (Wildman–Crippen MR) is 120 cm³/mol.